The van der Waals surface area contributed by atoms with Crippen molar-refractivity contribution in [2.24, 2.45) is 5.73 Å². The molecule has 0 aliphatic heterocycles. The average molecular weight is 238 g/mol. The summed E-state index contributed by atoms with van der Waals surface area (Å²) in [6.45, 7) is 3.64. The summed E-state index contributed by atoms with van der Waals surface area (Å²) in [5.74, 6) is -0.652. The van der Waals surface area contributed by atoms with Crippen molar-refractivity contribution in [1.29, 1.82) is 0 Å². The molecule has 6 N–H and O–H groups in total. The molecule has 0 aliphatic carbocycles. The Labute approximate surface area is 100 Å². The Hall–Kier alpha value is -1.59. The summed E-state index contributed by atoms with van der Waals surface area (Å²) in [6.07, 6.45) is -2.61. The first-order valence-electron chi connectivity index (χ1n) is 5.34. The van der Waals surface area contributed by atoms with Gasteiger partial charge in [0.1, 0.15) is 6.10 Å². The molecule has 1 amide bonds. The molecule has 0 radical (unpaired) electrons. The predicted octanol–water partition coefficient (Wildman–Crippen LogP) is 0.155. The molecule has 2 atom stereocenters. The number of rotatable bonds is 4. The fraction of sp³-hybridized carbons (Fsp3) is 0.417. The van der Waals surface area contributed by atoms with Gasteiger partial charge in [0.2, 0.25) is 5.91 Å². The second-order valence-corrected chi connectivity index (χ2v) is 4.25. The smallest absolute Gasteiger partial charge is 0.220 e. The third-order valence-electron chi connectivity index (χ3n) is 2.73. The molecule has 0 aliphatic rings. The summed E-state index contributed by atoms with van der Waals surface area (Å²) < 4.78 is 0. The molecule has 0 heterocycles. The van der Waals surface area contributed by atoms with E-state index in [4.69, 9.17) is 11.5 Å². The maximum atomic E-state index is 10.7. The van der Waals surface area contributed by atoms with Gasteiger partial charge in [-0.25, -0.2) is 0 Å². The van der Waals surface area contributed by atoms with E-state index in [-0.39, 0.29) is 6.42 Å². The predicted molar refractivity (Wildman–Crippen MR) is 65.1 cm³/mol. The van der Waals surface area contributed by atoms with Gasteiger partial charge in [0.15, 0.2) is 0 Å². The molecule has 1 rings (SSSR count). The first-order valence-corrected chi connectivity index (χ1v) is 5.34. The number of nitrogen functional groups attached to an aromatic ring is 1. The van der Waals surface area contributed by atoms with Gasteiger partial charge in [-0.05, 0) is 30.5 Å². The summed E-state index contributed by atoms with van der Waals surface area (Å²) in [7, 11) is 0. The molecule has 2 unspecified atom stereocenters. The minimum absolute atomic E-state index is 0.274. The number of anilines is 1. The maximum Gasteiger partial charge on any atom is 0.220 e. The Balaban J connectivity index is 2.96. The molecule has 1 aromatic rings. The molecule has 0 bridgehead atoms. The lowest BCUT2D eigenvalue weighted by Crippen LogP contribution is -2.25. The summed E-state index contributed by atoms with van der Waals surface area (Å²) in [5.41, 5.74) is 13.6. The van der Waals surface area contributed by atoms with Crippen LogP contribution in [-0.4, -0.2) is 22.2 Å². The first-order chi connectivity index (χ1) is 7.82. The number of primary amides is 1. The van der Waals surface area contributed by atoms with Gasteiger partial charge in [0, 0.05) is 5.69 Å². The van der Waals surface area contributed by atoms with Crippen LogP contribution < -0.4 is 11.5 Å². The van der Waals surface area contributed by atoms with Gasteiger partial charge in [-0.2, -0.15) is 0 Å². The molecule has 0 fully saturated rings. The van der Waals surface area contributed by atoms with E-state index in [1.54, 1.807) is 12.1 Å². The highest BCUT2D eigenvalue weighted by molar-refractivity contribution is 5.74. The van der Waals surface area contributed by atoms with E-state index in [0.717, 1.165) is 11.1 Å². The van der Waals surface area contributed by atoms with Crippen molar-refractivity contribution in [3.63, 3.8) is 0 Å². The van der Waals surface area contributed by atoms with E-state index in [2.05, 4.69) is 0 Å². The van der Waals surface area contributed by atoms with E-state index < -0.39 is 18.1 Å². The molecule has 0 spiro atoms. The third-order valence-corrected chi connectivity index (χ3v) is 2.73. The van der Waals surface area contributed by atoms with Crippen molar-refractivity contribution >= 4 is 11.6 Å². The van der Waals surface area contributed by atoms with Crippen molar-refractivity contribution < 1.29 is 15.0 Å². The number of aryl methyl sites for hydroxylation is 2. The van der Waals surface area contributed by atoms with Gasteiger partial charge < -0.3 is 21.7 Å². The molecule has 94 valence electrons. The Morgan fingerprint density at radius 1 is 1.29 bits per heavy atom. The molecule has 0 saturated heterocycles. The lowest BCUT2D eigenvalue weighted by molar-refractivity contribution is -0.121. The van der Waals surface area contributed by atoms with Crippen molar-refractivity contribution in [3.8, 4) is 0 Å². The molecule has 0 saturated carbocycles. The van der Waals surface area contributed by atoms with Crippen molar-refractivity contribution in [2.45, 2.75) is 32.5 Å². The van der Waals surface area contributed by atoms with Crippen molar-refractivity contribution in [2.75, 3.05) is 5.73 Å². The number of nitrogens with two attached hydrogens (primary N) is 2. The van der Waals surface area contributed by atoms with Gasteiger partial charge in [0.05, 0.1) is 12.5 Å². The standard InChI is InChI=1S/C12H18N2O3/c1-6-3-8(4-7(2)11(6)14)12(17)9(15)5-10(13)16/h3-4,9,12,15,17H,5,14H2,1-2H3,(H2,13,16). The van der Waals surface area contributed by atoms with Crippen LogP contribution in [0.3, 0.4) is 0 Å². The SMILES string of the molecule is Cc1cc(C(O)C(O)CC(N)=O)cc(C)c1N. The Morgan fingerprint density at radius 3 is 2.18 bits per heavy atom. The molecule has 5 nitrogen and oxygen atoms in total. The van der Waals surface area contributed by atoms with Crippen LogP contribution in [0.1, 0.15) is 29.2 Å². The van der Waals surface area contributed by atoms with Gasteiger partial charge >= 0.3 is 0 Å². The fourth-order valence-electron chi connectivity index (χ4n) is 1.72. The summed E-state index contributed by atoms with van der Waals surface area (Å²) >= 11 is 0. The molecule has 1 aromatic carbocycles. The topological polar surface area (TPSA) is 110 Å². The number of carbonyl (C=O) groups is 1. The molecule has 0 aromatic heterocycles. The number of hydrogen-bond donors (Lipinski definition) is 4. The van der Waals surface area contributed by atoms with E-state index in [9.17, 15) is 15.0 Å². The van der Waals surface area contributed by atoms with Crippen LogP contribution in [-0.2, 0) is 4.79 Å². The van der Waals surface area contributed by atoms with Gasteiger partial charge in [0.25, 0.3) is 0 Å². The van der Waals surface area contributed by atoms with Gasteiger partial charge in [-0.3, -0.25) is 4.79 Å². The number of aliphatic hydroxyl groups is 2. The van der Waals surface area contributed by atoms with Crippen LogP contribution >= 0.6 is 0 Å². The minimum atomic E-state index is -1.20. The summed E-state index contributed by atoms with van der Waals surface area (Å²) in [5, 5.41) is 19.5. The van der Waals surface area contributed by atoms with Gasteiger partial charge in [-0.1, -0.05) is 12.1 Å². The maximum absolute atomic E-state index is 10.7. The highest BCUT2D eigenvalue weighted by atomic mass is 16.3. The summed E-state index contributed by atoms with van der Waals surface area (Å²) in [6, 6.07) is 3.38. The van der Waals surface area contributed by atoms with Crippen LogP contribution in [0, 0.1) is 13.8 Å². The minimum Gasteiger partial charge on any atom is -0.398 e. The average Bonchev–Trinajstić information content (AvgIpc) is 2.23. The molecular weight excluding hydrogens is 220 g/mol. The van der Waals surface area contributed by atoms with E-state index >= 15 is 0 Å². The fourth-order valence-corrected chi connectivity index (χ4v) is 1.72. The second-order valence-electron chi connectivity index (χ2n) is 4.25. The zero-order chi connectivity index (χ0) is 13.2. The quantitative estimate of drug-likeness (QED) is 0.560. The number of amides is 1. The normalized spacial score (nSPS) is 14.4. The lowest BCUT2D eigenvalue weighted by Gasteiger charge is -2.18. The molecular formula is C12H18N2O3. The second kappa shape index (κ2) is 5.16. The zero-order valence-corrected chi connectivity index (χ0v) is 9.97. The van der Waals surface area contributed by atoms with E-state index in [1.165, 1.54) is 0 Å². The zero-order valence-electron chi connectivity index (χ0n) is 9.97. The van der Waals surface area contributed by atoms with Gasteiger partial charge in [-0.15, -0.1) is 0 Å². The van der Waals surface area contributed by atoms with Crippen LogP contribution in [0.25, 0.3) is 0 Å². The Kier molecular flexibility index (Phi) is 4.09. The number of carbonyl (C=O) groups excluding carboxylic acids is 1. The lowest BCUT2D eigenvalue weighted by atomic mass is 9.97. The number of benzene rings is 1. The highest BCUT2D eigenvalue weighted by Gasteiger charge is 2.21. The largest absolute Gasteiger partial charge is 0.398 e. The number of aliphatic hydroxyl groups excluding tert-OH is 2. The highest BCUT2D eigenvalue weighted by Crippen LogP contribution is 2.25. The molecule has 5 heteroatoms. The van der Waals surface area contributed by atoms with Crippen molar-refractivity contribution in [1.82, 2.24) is 0 Å². The van der Waals surface area contributed by atoms with E-state index in [1.807, 2.05) is 13.8 Å². The molecule has 17 heavy (non-hydrogen) atoms. The van der Waals surface area contributed by atoms with Crippen LogP contribution in [0.4, 0.5) is 5.69 Å². The number of hydrogen-bond acceptors (Lipinski definition) is 4. The van der Waals surface area contributed by atoms with Crippen LogP contribution in [0.15, 0.2) is 12.1 Å². The summed E-state index contributed by atoms with van der Waals surface area (Å²) in [4.78, 5) is 10.7. The third kappa shape index (κ3) is 3.18. The van der Waals surface area contributed by atoms with Crippen LogP contribution in [0.5, 0.6) is 0 Å². The monoisotopic (exact) mass is 238 g/mol. The van der Waals surface area contributed by atoms with E-state index in [0.29, 0.717) is 11.3 Å². The van der Waals surface area contributed by atoms with Crippen molar-refractivity contribution in [3.05, 3.63) is 28.8 Å². The first kappa shape index (κ1) is 13.5. The van der Waals surface area contributed by atoms with Crippen LogP contribution in [0.2, 0.25) is 0 Å². The Bertz CT molecular complexity index is 409. The Morgan fingerprint density at radius 2 is 1.76 bits per heavy atom.